The van der Waals surface area contributed by atoms with Gasteiger partial charge in [0.2, 0.25) is 0 Å². The van der Waals surface area contributed by atoms with E-state index in [4.69, 9.17) is 16.3 Å². The Morgan fingerprint density at radius 1 is 1.25 bits per heavy atom. The van der Waals surface area contributed by atoms with Gasteiger partial charge in [0, 0.05) is 16.8 Å². The van der Waals surface area contributed by atoms with Crippen LogP contribution in [0.5, 0.6) is 5.75 Å². The second-order valence-electron chi connectivity index (χ2n) is 4.39. The first-order valence-electron chi connectivity index (χ1n) is 6.30. The van der Waals surface area contributed by atoms with Crippen molar-refractivity contribution in [2.75, 3.05) is 7.11 Å². The maximum atomic E-state index is 6.30. The molecule has 0 radical (unpaired) electrons. The molecule has 3 aromatic rings. The lowest BCUT2D eigenvalue weighted by Crippen LogP contribution is -1.91. The Kier molecular flexibility index (Phi) is 3.59. The molecule has 2 heterocycles. The number of nitrogens with zero attached hydrogens (tertiary/aromatic N) is 2. The fourth-order valence-corrected chi connectivity index (χ4v) is 3.03. The van der Waals surface area contributed by atoms with E-state index in [1.807, 2.05) is 17.5 Å². The molecule has 0 fully saturated rings. The number of halogens is 1. The Morgan fingerprint density at radius 3 is 2.80 bits per heavy atom. The summed E-state index contributed by atoms with van der Waals surface area (Å²) >= 11 is 7.85. The number of rotatable bonds is 3. The second-order valence-corrected chi connectivity index (χ2v) is 5.66. The molecule has 3 rings (SSSR count). The normalized spacial score (nSPS) is 10.9. The molecule has 102 valence electrons. The van der Waals surface area contributed by atoms with Gasteiger partial charge in [0.15, 0.2) is 5.82 Å². The van der Waals surface area contributed by atoms with Crippen molar-refractivity contribution in [1.82, 2.24) is 9.97 Å². The zero-order chi connectivity index (χ0) is 14.1. The Labute approximate surface area is 126 Å². The van der Waals surface area contributed by atoms with Crippen molar-refractivity contribution in [2.45, 2.75) is 13.3 Å². The van der Waals surface area contributed by atoms with E-state index < -0.39 is 0 Å². The molecular weight excluding hydrogens is 292 g/mol. The van der Waals surface area contributed by atoms with Crippen LogP contribution < -0.4 is 4.74 Å². The lowest BCUT2D eigenvalue weighted by Gasteiger charge is -2.04. The number of methoxy groups -OCH3 is 1. The van der Waals surface area contributed by atoms with E-state index >= 15 is 0 Å². The molecule has 0 N–H and O–H groups in total. The summed E-state index contributed by atoms with van der Waals surface area (Å²) in [5.41, 5.74) is 2.10. The second kappa shape index (κ2) is 5.38. The zero-order valence-corrected chi connectivity index (χ0v) is 12.8. The highest BCUT2D eigenvalue weighted by Gasteiger charge is 2.10. The molecule has 20 heavy (non-hydrogen) atoms. The predicted octanol–water partition coefficient (Wildman–Crippen LogP) is 4.58. The van der Waals surface area contributed by atoms with Crippen molar-refractivity contribution in [3.05, 3.63) is 40.4 Å². The highest BCUT2D eigenvalue weighted by Crippen LogP contribution is 2.31. The van der Waals surface area contributed by atoms with Crippen molar-refractivity contribution in [3.8, 4) is 16.5 Å². The first-order chi connectivity index (χ1) is 9.71. The molecular formula is C15H13ClN2OS. The van der Waals surface area contributed by atoms with Crippen molar-refractivity contribution in [3.63, 3.8) is 0 Å². The molecule has 2 aromatic heterocycles. The van der Waals surface area contributed by atoms with Gasteiger partial charge < -0.3 is 4.74 Å². The van der Waals surface area contributed by atoms with E-state index in [-0.39, 0.29) is 0 Å². The smallest absolute Gasteiger partial charge is 0.171 e. The van der Waals surface area contributed by atoms with Crippen LogP contribution in [0.2, 0.25) is 5.15 Å². The van der Waals surface area contributed by atoms with Gasteiger partial charge in [0.05, 0.1) is 17.5 Å². The molecule has 0 aliphatic rings. The van der Waals surface area contributed by atoms with Gasteiger partial charge >= 0.3 is 0 Å². The summed E-state index contributed by atoms with van der Waals surface area (Å²) in [4.78, 5) is 9.94. The highest BCUT2D eigenvalue weighted by molar-refractivity contribution is 7.13. The number of benzene rings is 1. The number of hydrogen-bond donors (Lipinski definition) is 0. The standard InChI is InChI=1S/C15H13ClN2OS/c1-3-9-4-5-12-11(6-9)14(16)18-15(17-12)13-7-10(19-2)8-20-13/h4-8H,3H2,1-2H3. The van der Waals surface area contributed by atoms with Gasteiger partial charge in [-0.15, -0.1) is 11.3 Å². The van der Waals surface area contributed by atoms with Crippen molar-refractivity contribution >= 4 is 33.8 Å². The minimum atomic E-state index is 0.493. The molecule has 0 spiro atoms. The van der Waals surface area contributed by atoms with Crippen LogP contribution >= 0.6 is 22.9 Å². The fraction of sp³-hybridized carbons (Fsp3) is 0.200. The van der Waals surface area contributed by atoms with Crippen LogP contribution in [-0.2, 0) is 6.42 Å². The summed E-state index contributed by atoms with van der Waals surface area (Å²) in [6, 6.07) is 8.04. The largest absolute Gasteiger partial charge is 0.496 e. The fourth-order valence-electron chi connectivity index (χ4n) is 2.01. The molecule has 0 unspecified atom stereocenters. The van der Waals surface area contributed by atoms with Crippen molar-refractivity contribution < 1.29 is 4.74 Å². The average Bonchev–Trinajstić information content (AvgIpc) is 2.96. The van der Waals surface area contributed by atoms with E-state index in [0.29, 0.717) is 11.0 Å². The minimum Gasteiger partial charge on any atom is -0.496 e. The lowest BCUT2D eigenvalue weighted by atomic mass is 10.1. The average molecular weight is 305 g/mol. The lowest BCUT2D eigenvalue weighted by molar-refractivity contribution is 0.417. The monoisotopic (exact) mass is 304 g/mol. The quantitative estimate of drug-likeness (QED) is 0.664. The third kappa shape index (κ3) is 2.37. The summed E-state index contributed by atoms with van der Waals surface area (Å²) in [5.74, 6) is 1.45. The molecule has 0 aliphatic heterocycles. The van der Waals surface area contributed by atoms with E-state index in [9.17, 15) is 0 Å². The maximum absolute atomic E-state index is 6.30. The van der Waals surface area contributed by atoms with Gasteiger partial charge in [0.25, 0.3) is 0 Å². The topological polar surface area (TPSA) is 35.0 Å². The molecule has 3 nitrogen and oxygen atoms in total. The van der Waals surface area contributed by atoms with Crippen LogP contribution in [0.1, 0.15) is 12.5 Å². The molecule has 0 aliphatic carbocycles. The van der Waals surface area contributed by atoms with E-state index in [1.165, 1.54) is 5.56 Å². The Morgan fingerprint density at radius 2 is 2.10 bits per heavy atom. The summed E-state index contributed by atoms with van der Waals surface area (Å²) in [6.07, 6.45) is 0.968. The van der Waals surface area contributed by atoms with Crippen molar-refractivity contribution in [1.29, 1.82) is 0 Å². The minimum absolute atomic E-state index is 0.493. The maximum Gasteiger partial charge on any atom is 0.171 e. The summed E-state index contributed by atoms with van der Waals surface area (Å²) < 4.78 is 5.19. The number of aryl methyl sites for hydroxylation is 1. The Hall–Kier alpha value is -1.65. The number of thiophene rings is 1. The molecule has 0 saturated heterocycles. The number of fused-ring (bicyclic) bond motifs is 1. The number of hydrogen-bond acceptors (Lipinski definition) is 4. The summed E-state index contributed by atoms with van der Waals surface area (Å²) in [7, 11) is 1.65. The third-order valence-electron chi connectivity index (χ3n) is 3.15. The predicted molar refractivity (Wildman–Crippen MR) is 83.8 cm³/mol. The SMILES string of the molecule is CCc1ccc2nc(-c3cc(OC)cs3)nc(Cl)c2c1. The van der Waals surface area contributed by atoms with Gasteiger partial charge in [-0.3, -0.25) is 0 Å². The number of ether oxygens (including phenoxy) is 1. The van der Waals surface area contributed by atoms with Gasteiger partial charge in [0.1, 0.15) is 10.9 Å². The molecule has 0 bridgehead atoms. The molecule has 0 atom stereocenters. The molecule has 1 aromatic carbocycles. The van der Waals surface area contributed by atoms with Gasteiger partial charge in [-0.2, -0.15) is 0 Å². The van der Waals surface area contributed by atoms with E-state index in [0.717, 1.165) is 28.0 Å². The number of aromatic nitrogens is 2. The van der Waals surface area contributed by atoms with E-state index in [1.54, 1.807) is 18.4 Å². The molecule has 0 saturated carbocycles. The first kappa shape index (κ1) is 13.3. The highest BCUT2D eigenvalue weighted by atomic mass is 35.5. The zero-order valence-electron chi connectivity index (χ0n) is 11.2. The summed E-state index contributed by atoms with van der Waals surface area (Å²) in [5, 5.41) is 3.32. The van der Waals surface area contributed by atoms with Crippen LogP contribution in [0.25, 0.3) is 21.6 Å². The van der Waals surface area contributed by atoms with Gasteiger partial charge in [-0.05, 0) is 24.1 Å². The van der Waals surface area contributed by atoms with Gasteiger partial charge in [-0.25, -0.2) is 9.97 Å². The van der Waals surface area contributed by atoms with Crippen molar-refractivity contribution in [2.24, 2.45) is 0 Å². The van der Waals surface area contributed by atoms with Crippen LogP contribution in [-0.4, -0.2) is 17.1 Å². The van der Waals surface area contributed by atoms with Crippen LogP contribution in [0, 0.1) is 0 Å². The Bertz CT molecular complexity index is 770. The van der Waals surface area contributed by atoms with E-state index in [2.05, 4.69) is 29.0 Å². The first-order valence-corrected chi connectivity index (χ1v) is 7.56. The third-order valence-corrected chi connectivity index (χ3v) is 4.35. The van der Waals surface area contributed by atoms with Crippen LogP contribution in [0.3, 0.4) is 0 Å². The molecule has 0 amide bonds. The summed E-state index contributed by atoms with van der Waals surface area (Å²) in [6.45, 7) is 2.11. The van der Waals surface area contributed by atoms with Gasteiger partial charge in [-0.1, -0.05) is 24.6 Å². The Balaban J connectivity index is 2.14. The van der Waals surface area contributed by atoms with Crippen LogP contribution in [0.4, 0.5) is 0 Å². The molecule has 5 heteroatoms. The van der Waals surface area contributed by atoms with Crippen LogP contribution in [0.15, 0.2) is 29.6 Å².